The minimum atomic E-state index is -1.13. The standard InChI is InChI=1S/C31H42N8O5S.C15H16ClN5O2.C12H20N2OS/c1-30(2,3)43-28(40)33-13-14-37(7)24-12-9-22(15-20(24)19-45(8)42)35-25-16-26(39-27(36-25)21(17-32)18-34-39)38(23-10-11-23)29(41)44-31(4,5)6;1-15(2,3)23-14(22)20(10-4-5-10)12-6-11(16)19-13-9(7-17)8-18-21(12)13;1-4-7-14(2)12-6-5-11(13)8-10(12)9-16(3)15/h9,12,15-16,18,23H,10-11,13-14,19H2,1-8H3,(H,33,40)(H,35,36);6,8,10H,4-5H2,1-3H3;5-6,8H,4,7,9,13H2,1-3H3. The van der Waals surface area contributed by atoms with Crippen LogP contribution in [0, 0.1) is 22.7 Å². The molecular weight excluding hydrogens is 1130 g/mol. The van der Waals surface area contributed by atoms with E-state index in [2.05, 4.69) is 55.7 Å². The van der Waals surface area contributed by atoms with E-state index in [1.54, 1.807) is 34.4 Å². The first-order chi connectivity index (χ1) is 39.4. The Morgan fingerprint density at radius 3 is 1.63 bits per heavy atom. The summed E-state index contributed by atoms with van der Waals surface area (Å²) in [6.07, 6.45) is 9.23. The van der Waals surface area contributed by atoms with Gasteiger partial charge in [-0.05, 0) is 142 Å². The van der Waals surface area contributed by atoms with Crippen LogP contribution in [0.3, 0.4) is 0 Å². The van der Waals surface area contributed by atoms with Crippen LogP contribution >= 0.6 is 11.6 Å². The number of ether oxygens (including phenoxy) is 3. The van der Waals surface area contributed by atoms with Crippen LogP contribution in [0.25, 0.3) is 11.3 Å². The number of fused-ring (bicyclic) bond motifs is 2. The van der Waals surface area contributed by atoms with Gasteiger partial charge in [-0.25, -0.2) is 24.4 Å². The van der Waals surface area contributed by atoms with E-state index in [1.165, 1.54) is 21.4 Å². The van der Waals surface area contributed by atoms with Crippen molar-refractivity contribution >= 4 is 103 Å². The Morgan fingerprint density at radius 2 is 1.17 bits per heavy atom. The Balaban J connectivity index is 0.000000239. The molecule has 0 aliphatic heterocycles. The summed E-state index contributed by atoms with van der Waals surface area (Å²) in [4.78, 5) is 54.1. The van der Waals surface area contributed by atoms with Crippen LogP contribution < -0.4 is 36.0 Å². The van der Waals surface area contributed by atoms with Gasteiger partial charge in [-0.2, -0.15) is 29.8 Å². The minimum Gasteiger partial charge on any atom is -0.444 e. The summed E-state index contributed by atoms with van der Waals surface area (Å²) in [6.45, 7) is 20.3. The van der Waals surface area contributed by atoms with E-state index in [0.717, 1.165) is 66.8 Å². The summed E-state index contributed by atoms with van der Waals surface area (Å²) in [6, 6.07) is 18.9. The second-order valence-corrected chi connectivity index (χ2v) is 26.7. The summed E-state index contributed by atoms with van der Waals surface area (Å²) < 4.78 is 43.1. The number of carbonyl (C=O) groups is 3. The van der Waals surface area contributed by atoms with Gasteiger partial charge < -0.3 is 40.4 Å². The van der Waals surface area contributed by atoms with Gasteiger partial charge in [-0.1, -0.05) is 18.5 Å². The third-order valence-electron chi connectivity index (χ3n) is 12.3. The van der Waals surface area contributed by atoms with Crippen LogP contribution in [-0.4, -0.2) is 131 Å². The zero-order chi connectivity index (χ0) is 62.0. The SMILES string of the molecule is CC(C)(C)OC(=O)N(c1cc(Cl)nc2c(C#N)cnn12)C1CC1.CCCN(C)c1ccc(N)cc1CS(C)=O.CN(CCNC(=O)OC(C)(C)C)c1ccc(Nc2cc(N(C(=O)OC(C)(C)C)C3CC3)n3ncc(C#N)c3n2)cc1CS(C)=O. The Hall–Kier alpha value is -7.74. The number of nitrogens with two attached hydrogens (primary N) is 1. The molecule has 452 valence electrons. The van der Waals surface area contributed by atoms with Crippen molar-refractivity contribution in [2.45, 2.75) is 142 Å². The molecule has 2 saturated carbocycles. The molecule has 8 rings (SSSR count). The number of hydrogen-bond donors (Lipinski definition) is 3. The molecule has 2 unspecified atom stereocenters. The highest BCUT2D eigenvalue weighted by Crippen LogP contribution is 2.37. The number of carbonyl (C=O) groups excluding carboxylic acids is 3. The van der Waals surface area contributed by atoms with E-state index in [9.17, 15) is 28.1 Å². The Kier molecular flexibility index (Phi) is 21.6. The maximum Gasteiger partial charge on any atom is 0.416 e. The van der Waals surface area contributed by atoms with Crippen LogP contribution in [-0.2, 0) is 47.3 Å². The van der Waals surface area contributed by atoms with Gasteiger partial charge in [-0.15, -0.1) is 0 Å². The van der Waals surface area contributed by atoms with Crippen molar-refractivity contribution in [2.75, 3.05) is 76.9 Å². The third-order valence-corrected chi connectivity index (χ3v) is 13.9. The first-order valence-electron chi connectivity index (χ1n) is 27.4. The van der Waals surface area contributed by atoms with Gasteiger partial charge in [0.15, 0.2) is 11.3 Å². The summed E-state index contributed by atoms with van der Waals surface area (Å²) in [5.41, 5.74) is 10.3. The topological polar surface area (TPSA) is 284 Å². The van der Waals surface area contributed by atoms with E-state index in [-0.39, 0.29) is 22.8 Å². The number of nitriles is 2. The second-order valence-electron chi connectivity index (χ2n) is 23.5. The molecule has 26 heteroatoms. The summed E-state index contributed by atoms with van der Waals surface area (Å²) >= 11 is 6.08. The normalized spacial score (nSPS) is 13.8. The maximum atomic E-state index is 13.3. The molecule has 0 saturated heterocycles. The number of amides is 3. The molecule has 6 aromatic rings. The highest BCUT2D eigenvalue weighted by Gasteiger charge is 2.40. The molecule has 2 fully saturated rings. The van der Waals surface area contributed by atoms with Crippen LogP contribution in [0.1, 0.15) is 124 Å². The fourth-order valence-corrected chi connectivity index (χ4v) is 10.1. The molecule has 0 radical (unpaired) electrons. The van der Waals surface area contributed by atoms with E-state index >= 15 is 0 Å². The quantitative estimate of drug-likeness (QED) is 0.0435. The minimum absolute atomic E-state index is 0.0428. The van der Waals surface area contributed by atoms with Gasteiger partial charge in [0.2, 0.25) is 0 Å². The zero-order valence-electron chi connectivity index (χ0n) is 50.4. The average Bonchev–Trinajstić information content (AvgIpc) is 2.07. The van der Waals surface area contributed by atoms with Gasteiger partial charge in [0.1, 0.15) is 62.7 Å². The maximum absolute atomic E-state index is 13.3. The molecule has 2 aliphatic carbocycles. The van der Waals surface area contributed by atoms with Crippen molar-refractivity contribution < 1.29 is 37.0 Å². The molecule has 2 atom stereocenters. The highest BCUT2D eigenvalue weighted by molar-refractivity contribution is 7.83. The van der Waals surface area contributed by atoms with E-state index < -0.39 is 56.7 Å². The lowest BCUT2D eigenvalue weighted by Crippen LogP contribution is -2.39. The second kappa shape index (κ2) is 27.8. The van der Waals surface area contributed by atoms with E-state index in [0.29, 0.717) is 64.6 Å². The van der Waals surface area contributed by atoms with Crippen molar-refractivity contribution in [2.24, 2.45) is 0 Å². The molecule has 4 N–H and O–H groups in total. The molecule has 2 aliphatic rings. The lowest BCUT2D eigenvalue weighted by atomic mass is 10.1. The highest BCUT2D eigenvalue weighted by atomic mass is 35.5. The monoisotopic (exact) mass is 1210 g/mol. The number of likely N-dealkylation sites (N-methyl/N-ethyl adjacent to an activating group) is 1. The molecule has 3 amide bonds. The van der Waals surface area contributed by atoms with Crippen molar-refractivity contribution in [1.82, 2.24) is 34.5 Å². The first-order valence-corrected chi connectivity index (χ1v) is 31.3. The molecule has 84 heavy (non-hydrogen) atoms. The van der Waals surface area contributed by atoms with Crippen LogP contribution in [0.15, 0.2) is 60.9 Å². The molecule has 4 heterocycles. The lowest BCUT2D eigenvalue weighted by molar-refractivity contribution is 0.0525. The molecule has 0 bridgehead atoms. The molecule has 23 nitrogen and oxygen atoms in total. The number of nitrogens with one attached hydrogen (secondary N) is 2. The van der Waals surface area contributed by atoms with Gasteiger partial charge in [-0.3, -0.25) is 18.2 Å². The van der Waals surface area contributed by atoms with Gasteiger partial charge in [0, 0.05) is 115 Å². The molecule has 2 aromatic carbocycles. The van der Waals surface area contributed by atoms with Crippen molar-refractivity contribution in [3.8, 4) is 12.1 Å². The zero-order valence-corrected chi connectivity index (χ0v) is 52.8. The number of nitrogens with zero attached hydrogens (tertiary/aromatic N) is 12. The molecular formula is C58H78ClN15O8S2. The number of benzene rings is 2. The Labute approximate surface area is 501 Å². The first kappa shape index (κ1) is 65.4. The predicted octanol–water partition coefficient (Wildman–Crippen LogP) is 10.2. The molecule has 0 spiro atoms. The van der Waals surface area contributed by atoms with E-state index in [4.69, 9.17) is 36.8 Å². The fourth-order valence-electron chi connectivity index (χ4n) is 8.62. The fraction of sp³-hybridized carbons (Fsp3) is 0.500. The number of alkyl carbamates (subject to hydrolysis) is 1. The predicted molar refractivity (Wildman–Crippen MR) is 331 cm³/mol. The number of aromatic nitrogens is 6. The smallest absolute Gasteiger partial charge is 0.416 e. The van der Waals surface area contributed by atoms with Crippen molar-refractivity contribution in [3.63, 3.8) is 0 Å². The third kappa shape index (κ3) is 18.6. The van der Waals surface area contributed by atoms with Gasteiger partial charge in [0.05, 0.1) is 23.9 Å². The number of anilines is 7. The van der Waals surface area contributed by atoms with Crippen LogP contribution in [0.2, 0.25) is 5.15 Å². The summed E-state index contributed by atoms with van der Waals surface area (Å²) in [5.74, 6) is 2.16. The van der Waals surface area contributed by atoms with Crippen LogP contribution in [0.5, 0.6) is 0 Å². The Morgan fingerprint density at radius 1 is 0.702 bits per heavy atom. The Bertz CT molecular complexity index is 3480. The number of hydrogen-bond acceptors (Lipinski definition) is 18. The van der Waals surface area contributed by atoms with Crippen molar-refractivity contribution in [1.29, 1.82) is 10.5 Å². The number of nitrogen functional groups attached to an aromatic ring is 1. The number of halogens is 1. The lowest BCUT2D eigenvalue weighted by Gasteiger charge is -2.28. The summed E-state index contributed by atoms with van der Waals surface area (Å²) in [7, 11) is 1.99. The van der Waals surface area contributed by atoms with E-state index in [1.807, 2.05) is 117 Å². The van der Waals surface area contributed by atoms with Gasteiger partial charge >= 0.3 is 18.3 Å². The van der Waals surface area contributed by atoms with Crippen LogP contribution in [0.4, 0.5) is 54.6 Å². The number of rotatable bonds is 17. The van der Waals surface area contributed by atoms with Gasteiger partial charge in [0.25, 0.3) is 0 Å². The average molecular weight is 1210 g/mol. The largest absolute Gasteiger partial charge is 0.444 e. The summed E-state index contributed by atoms with van der Waals surface area (Å²) in [5, 5.41) is 33.7. The van der Waals surface area contributed by atoms with Crippen molar-refractivity contribution in [3.05, 3.63) is 88.3 Å². The molecule has 4 aromatic heterocycles.